The summed E-state index contributed by atoms with van der Waals surface area (Å²) in [7, 11) is 1.33. The Morgan fingerprint density at radius 3 is 2.80 bits per heavy atom. The Bertz CT molecular complexity index is 373. The molecule has 15 heavy (non-hydrogen) atoms. The summed E-state index contributed by atoms with van der Waals surface area (Å²) >= 11 is 3.26. The smallest absolute Gasteiger partial charge is 0.357 e. The van der Waals surface area contributed by atoms with Crippen LogP contribution in [-0.4, -0.2) is 29.4 Å². The second-order valence-electron chi connectivity index (χ2n) is 3.76. The summed E-state index contributed by atoms with van der Waals surface area (Å²) in [5.74, 6) is -0.430. The zero-order valence-corrected chi connectivity index (χ0v) is 10.5. The summed E-state index contributed by atoms with van der Waals surface area (Å²) < 4.78 is 6.86. The highest BCUT2D eigenvalue weighted by Crippen LogP contribution is 2.23. The van der Waals surface area contributed by atoms with Gasteiger partial charge in [0.05, 0.1) is 23.3 Å². The highest BCUT2D eigenvalue weighted by molar-refractivity contribution is 9.10. The first kappa shape index (κ1) is 12.2. The van der Waals surface area contributed by atoms with Crippen molar-refractivity contribution >= 4 is 21.9 Å². The molecule has 1 aromatic rings. The molecule has 0 unspecified atom stereocenters. The van der Waals surface area contributed by atoms with E-state index in [1.54, 1.807) is 10.9 Å². The Kier molecular flexibility index (Phi) is 3.51. The van der Waals surface area contributed by atoms with Crippen LogP contribution >= 0.6 is 15.9 Å². The minimum Gasteiger partial charge on any atom is -0.464 e. The van der Waals surface area contributed by atoms with Gasteiger partial charge in [-0.15, -0.1) is 0 Å². The molecule has 0 aromatic carbocycles. The van der Waals surface area contributed by atoms with Crippen LogP contribution in [0.4, 0.5) is 0 Å². The predicted octanol–water partition coefficient (Wildman–Crippen LogP) is 1.13. The maximum Gasteiger partial charge on any atom is 0.357 e. The standard InChI is InChI=1S/C9H14BrN3O2/c1-9(2,5-11)13-7(8(14)15-3)6(10)4-12-13/h4H,5,11H2,1-3H3. The van der Waals surface area contributed by atoms with E-state index in [1.165, 1.54) is 7.11 Å². The van der Waals surface area contributed by atoms with Crippen LogP contribution in [0.5, 0.6) is 0 Å². The molecule has 0 spiro atoms. The summed E-state index contributed by atoms with van der Waals surface area (Å²) in [5, 5.41) is 4.12. The van der Waals surface area contributed by atoms with E-state index in [9.17, 15) is 4.79 Å². The Morgan fingerprint density at radius 2 is 2.33 bits per heavy atom. The van der Waals surface area contributed by atoms with Crippen LogP contribution in [0.25, 0.3) is 0 Å². The number of esters is 1. The number of ether oxygens (including phenoxy) is 1. The van der Waals surface area contributed by atoms with Crippen molar-refractivity contribution < 1.29 is 9.53 Å². The minimum atomic E-state index is -0.430. The van der Waals surface area contributed by atoms with Crippen LogP contribution in [0.3, 0.4) is 0 Å². The van der Waals surface area contributed by atoms with Gasteiger partial charge in [-0.2, -0.15) is 5.10 Å². The van der Waals surface area contributed by atoms with Gasteiger partial charge in [-0.05, 0) is 29.8 Å². The van der Waals surface area contributed by atoms with Crippen molar-refractivity contribution in [2.45, 2.75) is 19.4 Å². The van der Waals surface area contributed by atoms with Crippen molar-refractivity contribution in [1.29, 1.82) is 0 Å². The monoisotopic (exact) mass is 275 g/mol. The number of halogens is 1. The molecule has 0 saturated carbocycles. The predicted molar refractivity (Wildman–Crippen MR) is 59.6 cm³/mol. The second kappa shape index (κ2) is 4.32. The maximum atomic E-state index is 11.5. The van der Waals surface area contributed by atoms with Crippen LogP contribution in [0.1, 0.15) is 24.3 Å². The molecule has 0 saturated heterocycles. The molecule has 0 aliphatic heterocycles. The molecular weight excluding hydrogens is 262 g/mol. The summed E-state index contributed by atoms with van der Waals surface area (Å²) in [4.78, 5) is 11.5. The summed E-state index contributed by atoms with van der Waals surface area (Å²) in [6, 6.07) is 0. The Balaban J connectivity index is 3.26. The highest BCUT2D eigenvalue weighted by atomic mass is 79.9. The fraction of sp³-hybridized carbons (Fsp3) is 0.556. The van der Waals surface area contributed by atoms with Gasteiger partial charge in [0, 0.05) is 6.54 Å². The number of nitrogens with zero attached hydrogens (tertiary/aromatic N) is 2. The molecule has 0 bridgehead atoms. The fourth-order valence-electron chi connectivity index (χ4n) is 1.15. The number of carbonyl (C=O) groups excluding carboxylic acids is 1. The third-order valence-corrected chi connectivity index (χ3v) is 2.76. The van der Waals surface area contributed by atoms with E-state index < -0.39 is 11.5 Å². The van der Waals surface area contributed by atoms with Gasteiger partial charge in [-0.1, -0.05) is 0 Å². The van der Waals surface area contributed by atoms with Crippen LogP contribution < -0.4 is 5.73 Å². The van der Waals surface area contributed by atoms with Gasteiger partial charge in [-0.3, -0.25) is 4.68 Å². The third kappa shape index (κ3) is 2.21. The Labute approximate surface area is 96.7 Å². The number of carbonyl (C=O) groups is 1. The van der Waals surface area contributed by atoms with Gasteiger partial charge in [0.25, 0.3) is 0 Å². The molecule has 1 aromatic heterocycles. The van der Waals surface area contributed by atoms with E-state index >= 15 is 0 Å². The minimum absolute atomic E-state index is 0.380. The average Bonchev–Trinajstić information content (AvgIpc) is 2.59. The topological polar surface area (TPSA) is 70.1 Å². The maximum absolute atomic E-state index is 11.5. The normalized spacial score (nSPS) is 11.5. The molecule has 6 heteroatoms. The Morgan fingerprint density at radius 1 is 1.73 bits per heavy atom. The van der Waals surface area contributed by atoms with Crippen molar-refractivity contribution in [1.82, 2.24) is 9.78 Å². The van der Waals surface area contributed by atoms with Gasteiger partial charge in [-0.25, -0.2) is 4.79 Å². The second-order valence-corrected chi connectivity index (χ2v) is 4.62. The first-order valence-electron chi connectivity index (χ1n) is 4.46. The fourth-order valence-corrected chi connectivity index (χ4v) is 1.58. The molecule has 1 heterocycles. The van der Waals surface area contributed by atoms with E-state index in [-0.39, 0.29) is 0 Å². The lowest BCUT2D eigenvalue weighted by Gasteiger charge is -2.24. The van der Waals surface area contributed by atoms with E-state index in [0.717, 1.165) is 0 Å². The lowest BCUT2D eigenvalue weighted by atomic mass is 10.1. The molecule has 84 valence electrons. The van der Waals surface area contributed by atoms with E-state index in [2.05, 4.69) is 25.8 Å². The SMILES string of the molecule is COC(=O)c1c(Br)cnn1C(C)(C)CN. The van der Waals surface area contributed by atoms with E-state index in [1.807, 2.05) is 13.8 Å². The largest absolute Gasteiger partial charge is 0.464 e. The summed E-state index contributed by atoms with van der Waals surface area (Å²) in [6.45, 7) is 4.18. The lowest BCUT2D eigenvalue weighted by Crippen LogP contribution is -2.38. The van der Waals surface area contributed by atoms with Crippen molar-refractivity contribution in [3.05, 3.63) is 16.4 Å². The van der Waals surface area contributed by atoms with Crippen molar-refractivity contribution in [2.75, 3.05) is 13.7 Å². The molecule has 0 aliphatic rings. The summed E-state index contributed by atoms with van der Waals surface area (Å²) in [6.07, 6.45) is 1.56. The number of nitrogens with two attached hydrogens (primary N) is 1. The molecule has 0 atom stereocenters. The summed E-state index contributed by atoms with van der Waals surface area (Å²) in [5.41, 5.74) is 5.59. The third-order valence-electron chi connectivity index (χ3n) is 2.18. The van der Waals surface area contributed by atoms with Gasteiger partial charge in [0.2, 0.25) is 0 Å². The molecule has 5 nitrogen and oxygen atoms in total. The van der Waals surface area contributed by atoms with Crippen molar-refractivity contribution in [2.24, 2.45) is 5.73 Å². The van der Waals surface area contributed by atoms with Crippen LogP contribution in [0, 0.1) is 0 Å². The van der Waals surface area contributed by atoms with Crippen molar-refractivity contribution in [3.8, 4) is 0 Å². The van der Waals surface area contributed by atoms with E-state index in [0.29, 0.717) is 16.7 Å². The van der Waals surface area contributed by atoms with Crippen LogP contribution in [0.2, 0.25) is 0 Å². The van der Waals surface area contributed by atoms with Crippen molar-refractivity contribution in [3.63, 3.8) is 0 Å². The van der Waals surface area contributed by atoms with E-state index in [4.69, 9.17) is 5.73 Å². The highest BCUT2D eigenvalue weighted by Gasteiger charge is 2.27. The van der Waals surface area contributed by atoms with Gasteiger partial charge in [0.1, 0.15) is 0 Å². The molecule has 0 fully saturated rings. The number of aromatic nitrogens is 2. The molecular formula is C9H14BrN3O2. The molecule has 2 N–H and O–H groups in total. The molecule has 0 amide bonds. The van der Waals surface area contributed by atoms with Gasteiger partial charge >= 0.3 is 5.97 Å². The van der Waals surface area contributed by atoms with Gasteiger partial charge in [0.15, 0.2) is 5.69 Å². The number of hydrogen-bond acceptors (Lipinski definition) is 4. The molecule has 0 aliphatic carbocycles. The number of hydrogen-bond donors (Lipinski definition) is 1. The first-order valence-corrected chi connectivity index (χ1v) is 5.25. The zero-order chi connectivity index (χ0) is 11.6. The van der Waals surface area contributed by atoms with Crippen LogP contribution in [0.15, 0.2) is 10.7 Å². The lowest BCUT2D eigenvalue weighted by molar-refractivity contribution is 0.0576. The average molecular weight is 276 g/mol. The first-order chi connectivity index (χ1) is 6.94. The Hall–Kier alpha value is -0.880. The number of methoxy groups -OCH3 is 1. The van der Waals surface area contributed by atoms with Crippen LogP contribution in [-0.2, 0) is 10.3 Å². The zero-order valence-electron chi connectivity index (χ0n) is 8.95. The number of rotatable bonds is 3. The molecule has 0 radical (unpaired) electrons. The molecule has 1 rings (SSSR count). The van der Waals surface area contributed by atoms with Gasteiger partial charge < -0.3 is 10.5 Å². The quantitative estimate of drug-likeness (QED) is 0.840.